The van der Waals surface area contributed by atoms with Crippen LogP contribution < -0.4 is 5.32 Å². The Balaban J connectivity index is 1.92. The van der Waals surface area contributed by atoms with Gasteiger partial charge in [0.1, 0.15) is 0 Å². The van der Waals surface area contributed by atoms with Crippen molar-refractivity contribution in [3.05, 3.63) is 29.3 Å². The largest absolute Gasteiger partial charge is 0.383 e. The fourth-order valence-electron chi connectivity index (χ4n) is 3.51. The number of aliphatic imine (C=N–C) groups is 1. The minimum absolute atomic E-state index is 0.543. The van der Waals surface area contributed by atoms with Crippen molar-refractivity contribution in [3.8, 4) is 0 Å². The van der Waals surface area contributed by atoms with Crippen molar-refractivity contribution in [3.63, 3.8) is 0 Å². The van der Waals surface area contributed by atoms with Crippen molar-refractivity contribution in [2.24, 2.45) is 10.9 Å². The van der Waals surface area contributed by atoms with Crippen LogP contribution in [-0.2, 0) is 0 Å². The predicted molar refractivity (Wildman–Crippen MR) is 103 cm³/mol. The Morgan fingerprint density at radius 2 is 1.65 bits per heavy atom. The highest BCUT2D eigenvalue weighted by Gasteiger charge is 2.13. The summed E-state index contributed by atoms with van der Waals surface area (Å²) in [6.07, 6.45) is 9.08. The van der Waals surface area contributed by atoms with E-state index in [1.807, 2.05) is 0 Å². The Labute approximate surface area is 142 Å². The molecule has 1 aromatic rings. The normalized spacial score (nSPS) is 16.6. The van der Waals surface area contributed by atoms with Gasteiger partial charge in [-0.15, -0.1) is 0 Å². The summed E-state index contributed by atoms with van der Waals surface area (Å²) >= 11 is 0. The number of benzene rings is 1. The topological polar surface area (TPSA) is 24.4 Å². The molecule has 0 spiro atoms. The molecule has 0 bridgehead atoms. The van der Waals surface area contributed by atoms with Crippen LogP contribution in [0.4, 0.5) is 5.69 Å². The molecule has 23 heavy (non-hydrogen) atoms. The van der Waals surface area contributed by atoms with Crippen LogP contribution in [0.15, 0.2) is 23.2 Å². The van der Waals surface area contributed by atoms with Crippen LogP contribution in [0.25, 0.3) is 0 Å². The molecule has 0 amide bonds. The summed E-state index contributed by atoms with van der Waals surface area (Å²) in [6, 6.07) is 6.70. The number of hydrogen-bond acceptors (Lipinski definition) is 2. The SMILES string of the molecule is CC(C)c1cccc(C(C)C)c1NCC/N=C/C1CCCCC1. The van der Waals surface area contributed by atoms with E-state index in [2.05, 4.69) is 62.4 Å². The molecule has 0 unspecified atom stereocenters. The standard InChI is InChI=1S/C21H34N2/c1-16(2)19-11-8-12-20(17(3)4)21(19)23-14-13-22-15-18-9-6-5-7-10-18/h8,11-12,15-18,23H,5-7,9-10,13-14H2,1-4H3/b22-15+. The Morgan fingerprint density at radius 3 is 2.22 bits per heavy atom. The zero-order chi connectivity index (χ0) is 16.7. The van der Waals surface area contributed by atoms with Crippen molar-refractivity contribution in [1.82, 2.24) is 0 Å². The number of para-hydroxylation sites is 1. The second-order valence-corrected chi connectivity index (χ2v) is 7.50. The average molecular weight is 315 g/mol. The lowest BCUT2D eigenvalue weighted by atomic mass is 9.90. The highest BCUT2D eigenvalue weighted by atomic mass is 14.9. The molecule has 1 fully saturated rings. The molecule has 1 N–H and O–H groups in total. The van der Waals surface area contributed by atoms with Crippen LogP contribution in [0.3, 0.4) is 0 Å². The number of hydrogen-bond donors (Lipinski definition) is 1. The van der Waals surface area contributed by atoms with Crippen LogP contribution in [0, 0.1) is 5.92 Å². The van der Waals surface area contributed by atoms with Crippen molar-refractivity contribution < 1.29 is 0 Å². The first kappa shape index (κ1) is 18.0. The van der Waals surface area contributed by atoms with E-state index in [1.54, 1.807) is 0 Å². The van der Waals surface area contributed by atoms with E-state index in [4.69, 9.17) is 0 Å². The van der Waals surface area contributed by atoms with Crippen LogP contribution in [0.5, 0.6) is 0 Å². The minimum atomic E-state index is 0.543. The lowest BCUT2D eigenvalue weighted by Gasteiger charge is -2.20. The predicted octanol–water partition coefficient (Wildman–Crippen LogP) is 6.00. The Hall–Kier alpha value is -1.31. The third-order valence-electron chi connectivity index (χ3n) is 4.88. The maximum absolute atomic E-state index is 4.67. The molecule has 1 aliphatic rings. The zero-order valence-electron chi connectivity index (χ0n) is 15.4. The van der Waals surface area contributed by atoms with Gasteiger partial charge < -0.3 is 5.32 Å². The molecule has 2 rings (SSSR count). The third kappa shape index (κ3) is 5.37. The smallest absolute Gasteiger partial charge is 0.0558 e. The first-order chi connectivity index (χ1) is 11.1. The molecule has 0 atom stereocenters. The number of nitrogens with one attached hydrogen (secondary N) is 1. The minimum Gasteiger partial charge on any atom is -0.383 e. The summed E-state index contributed by atoms with van der Waals surface area (Å²) in [5, 5.41) is 3.67. The summed E-state index contributed by atoms with van der Waals surface area (Å²) in [5.74, 6) is 1.82. The van der Waals surface area contributed by atoms with Gasteiger partial charge in [-0.25, -0.2) is 0 Å². The number of nitrogens with zero attached hydrogens (tertiary/aromatic N) is 1. The van der Waals surface area contributed by atoms with Crippen molar-refractivity contribution >= 4 is 11.9 Å². The van der Waals surface area contributed by atoms with E-state index < -0.39 is 0 Å². The van der Waals surface area contributed by atoms with Gasteiger partial charge in [-0.1, -0.05) is 65.2 Å². The maximum Gasteiger partial charge on any atom is 0.0558 e. The van der Waals surface area contributed by atoms with Gasteiger partial charge in [-0.2, -0.15) is 0 Å². The molecule has 0 aliphatic heterocycles. The highest BCUT2D eigenvalue weighted by molar-refractivity contribution is 5.61. The lowest BCUT2D eigenvalue weighted by molar-refractivity contribution is 0.444. The maximum atomic E-state index is 4.67. The van der Waals surface area contributed by atoms with Crippen molar-refractivity contribution in [1.29, 1.82) is 0 Å². The molecule has 0 aromatic heterocycles. The molecule has 128 valence electrons. The van der Waals surface area contributed by atoms with Crippen LogP contribution in [0.1, 0.15) is 82.8 Å². The molecule has 0 saturated heterocycles. The van der Waals surface area contributed by atoms with Gasteiger partial charge in [0.15, 0.2) is 0 Å². The van der Waals surface area contributed by atoms with Gasteiger partial charge in [0, 0.05) is 18.4 Å². The van der Waals surface area contributed by atoms with Gasteiger partial charge in [0.2, 0.25) is 0 Å². The van der Waals surface area contributed by atoms with Crippen LogP contribution in [-0.4, -0.2) is 19.3 Å². The fourth-order valence-corrected chi connectivity index (χ4v) is 3.51. The highest BCUT2D eigenvalue weighted by Crippen LogP contribution is 2.32. The molecule has 1 saturated carbocycles. The van der Waals surface area contributed by atoms with E-state index >= 15 is 0 Å². The molecule has 2 nitrogen and oxygen atoms in total. The first-order valence-corrected chi connectivity index (χ1v) is 9.46. The molecular weight excluding hydrogens is 280 g/mol. The number of rotatable bonds is 7. The second-order valence-electron chi connectivity index (χ2n) is 7.50. The molecule has 2 heteroatoms. The van der Waals surface area contributed by atoms with E-state index in [0.29, 0.717) is 11.8 Å². The fraction of sp³-hybridized carbons (Fsp3) is 0.667. The Morgan fingerprint density at radius 1 is 1.04 bits per heavy atom. The van der Waals surface area contributed by atoms with Gasteiger partial charge in [-0.05, 0) is 41.7 Å². The quantitative estimate of drug-likeness (QED) is 0.484. The van der Waals surface area contributed by atoms with Gasteiger partial charge in [0.05, 0.1) is 6.54 Å². The average Bonchev–Trinajstić information content (AvgIpc) is 2.55. The van der Waals surface area contributed by atoms with E-state index in [0.717, 1.165) is 19.0 Å². The first-order valence-electron chi connectivity index (χ1n) is 9.46. The molecule has 1 aromatic carbocycles. The Bertz CT molecular complexity index is 470. The van der Waals surface area contributed by atoms with E-state index in [9.17, 15) is 0 Å². The zero-order valence-corrected chi connectivity index (χ0v) is 15.4. The molecule has 1 aliphatic carbocycles. The third-order valence-corrected chi connectivity index (χ3v) is 4.88. The van der Waals surface area contributed by atoms with Gasteiger partial charge >= 0.3 is 0 Å². The van der Waals surface area contributed by atoms with Crippen molar-refractivity contribution in [2.75, 3.05) is 18.4 Å². The van der Waals surface area contributed by atoms with Gasteiger partial charge in [0.25, 0.3) is 0 Å². The molecule has 0 radical (unpaired) electrons. The van der Waals surface area contributed by atoms with Crippen molar-refractivity contribution in [2.45, 2.75) is 71.6 Å². The number of anilines is 1. The van der Waals surface area contributed by atoms with E-state index in [1.165, 1.54) is 48.9 Å². The summed E-state index contributed by atoms with van der Waals surface area (Å²) in [6.45, 7) is 10.9. The summed E-state index contributed by atoms with van der Waals surface area (Å²) < 4.78 is 0. The lowest BCUT2D eigenvalue weighted by Crippen LogP contribution is -2.12. The van der Waals surface area contributed by atoms with Crippen LogP contribution in [0.2, 0.25) is 0 Å². The van der Waals surface area contributed by atoms with Gasteiger partial charge in [-0.3, -0.25) is 4.99 Å². The van der Waals surface area contributed by atoms with Crippen LogP contribution >= 0.6 is 0 Å². The summed E-state index contributed by atoms with van der Waals surface area (Å²) in [4.78, 5) is 4.67. The monoisotopic (exact) mass is 314 g/mol. The molecular formula is C21H34N2. The Kier molecular flexibility index (Phi) is 7.14. The summed E-state index contributed by atoms with van der Waals surface area (Å²) in [7, 11) is 0. The van der Waals surface area contributed by atoms with E-state index in [-0.39, 0.29) is 0 Å². The molecule has 0 heterocycles. The summed E-state index contributed by atoms with van der Waals surface area (Å²) in [5.41, 5.74) is 4.19. The second kappa shape index (κ2) is 9.10.